The highest BCUT2D eigenvalue weighted by atomic mass is 16.2. The number of hydrogen-bond donors (Lipinski definition) is 1. The highest BCUT2D eigenvalue weighted by Crippen LogP contribution is 2.61. The molecule has 3 heteroatoms. The number of piperidine rings is 1. The fourth-order valence-corrected chi connectivity index (χ4v) is 3.16. The van der Waals surface area contributed by atoms with Crippen LogP contribution in [0.3, 0.4) is 0 Å². The van der Waals surface area contributed by atoms with Gasteiger partial charge in [-0.2, -0.15) is 0 Å². The summed E-state index contributed by atoms with van der Waals surface area (Å²) in [4.78, 5) is 14.0. The predicted octanol–water partition coefficient (Wildman–Crippen LogP) is 1.47. The molecule has 0 spiro atoms. The van der Waals surface area contributed by atoms with Crippen LogP contribution in [0.15, 0.2) is 0 Å². The summed E-state index contributed by atoms with van der Waals surface area (Å²) < 4.78 is 0. The fraction of sp³-hybridized carbons (Fsp3) is 0.923. The Kier molecular flexibility index (Phi) is 2.77. The molecule has 2 N–H and O–H groups in total. The van der Waals surface area contributed by atoms with Gasteiger partial charge in [-0.3, -0.25) is 4.79 Å². The van der Waals surface area contributed by atoms with Gasteiger partial charge in [0.2, 0.25) is 5.91 Å². The molecule has 92 valence electrons. The molecule has 0 radical (unpaired) electrons. The Labute approximate surface area is 98.4 Å². The summed E-state index contributed by atoms with van der Waals surface area (Å²) in [5.74, 6) is 2.11. The van der Waals surface area contributed by atoms with Gasteiger partial charge >= 0.3 is 0 Å². The van der Waals surface area contributed by atoms with Crippen LogP contribution in [0.25, 0.3) is 0 Å². The van der Waals surface area contributed by atoms with Gasteiger partial charge in [0.05, 0.1) is 6.04 Å². The molecule has 1 aliphatic carbocycles. The van der Waals surface area contributed by atoms with Crippen LogP contribution in [-0.4, -0.2) is 29.9 Å². The highest BCUT2D eigenvalue weighted by Gasteiger charge is 2.62. The molecule has 0 aromatic carbocycles. The average molecular weight is 224 g/mol. The van der Waals surface area contributed by atoms with Crippen LogP contribution in [0.2, 0.25) is 0 Å². The number of rotatable bonds is 3. The lowest BCUT2D eigenvalue weighted by molar-refractivity contribution is -0.132. The third-order valence-corrected chi connectivity index (χ3v) is 4.48. The zero-order valence-corrected chi connectivity index (χ0v) is 10.9. The number of nitrogens with two attached hydrogens (primary N) is 1. The van der Waals surface area contributed by atoms with Gasteiger partial charge in [0, 0.05) is 13.1 Å². The van der Waals surface area contributed by atoms with Crippen molar-refractivity contribution in [3.05, 3.63) is 0 Å². The molecule has 1 saturated heterocycles. The van der Waals surface area contributed by atoms with Crippen LogP contribution >= 0.6 is 0 Å². The van der Waals surface area contributed by atoms with E-state index in [1.54, 1.807) is 0 Å². The summed E-state index contributed by atoms with van der Waals surface area (Å²) in [6.45, 7) is 10.7. The van der Waals surface area contributed by atoms with Crippen LogP contribution in [0.1, 0.15) is 34.1 Å². The molecule has 1 amide bonds. The summed E-state index contributed by atoms with van der Waals surface area (Å²) in [5.41, 5.74) is 6.41. The lowest BCUT2D eigenvalue weighted by atomic mass is 10.0. The second-order valence-electron chi connectivity index (χ2n) is 6.51. The van der Waals surface area contributed by atoms with E-state index < -0.39 is 0 Å². The first-order valence-electron chi connectivity index (χ1n) is 6.38. The summed E-state index contributed by atoms with van der Waals surface area (Å²) in [7, 11) is 0. The van der Waals surface area contributed by atoms with Crippen molar-refractivity contribution in [3.8, 4) is 0 Å². The van der Waals surface area contributed by atoms with Crippen molar-refractivity contribution in [2.45, 2.75) is 40.2 Å². The largest absolute Gasteiger partial charge is 0.341 e. The van der Waals surface area contributed by atoms with Gasteiger partial charge in [-0.25, -0.2) is 0 Å². The second kappa shape index (κ2) is 3.73. The monoisotopic (exact) mass is 224 g/mol. The third kappa shape index (κ3) is 1.86. The molecule has 3 atom stereocenters. The molecular weight excluding hydrogens is 200 g/mol. The number of likely N-dealkylation sites (tertiary alicyclic amines) is 1. The standard InChI is InChI=1S/C13H24N2O/c1-8(2)5-11(14)12(16)15-6-9-10(7-15)13(9,3)4/h8-11H,5-7,14H2,1-4H3/t9?,10?,11-/m0/s1. The Balaban J connectivity index is 1.85. The molecule has 16 heavy (non-hydrogen) atoms. The number of carbonyl (C=O) groups is 1. The van der Waals surface area contributed by atoms with Crippen molar-refractivity contribution in [2.75, 3.05) is 13.1 Å². The van der Waals surface area contributed by atoms with Crippen LogP contribution in [-0.2, 0) is 4.79 Å². The maximum atomic E-state index is 12.1. The molecule has 1 heterocycles. The van der Waals surface area contributed by atoms with E-state index in [0.717, 1.165) is 31.3 Å². The first-order valence-corrected chi connectivity index (χ1v) is 6.38. The van der Waals surface area contributed by atoms with Gasteiger partial charge in [-0.05, 0) is 29.6 Å². The molecule has 2 fully saturated rings. The zero-order valence-electron chi connectivity index (χ0n) is 10.9. The average Bonchev–Trinajstić information content (AvgIpc) is 2.61. The number of hydrogen-bond acceptors (Lipinski definition) is 2. The minimum absolute atomic E-state index is 0.164. The van der Waals surface area contributed by atoms with Crippen molar-refractivity contribution in [3.63, 3.8) is 0 Å². The normalized spacial score (nSPS) is 32.8. The Hall–Kier alpha value is -0.570. The Morgan fingerprint density at radius 2 is 1.88 bits per heavy atom. The van der Waals surface area contributed by atoms with E-state index in [-0.39, 0.29) is 11.9 Å². The van der Waals surface area contributed by atoms with Crippen molar-refractivity contribution in [2.24, 2.45) is 28.9 Å². The fourth-order valence-electron chi connectivity index (χ4n) is 3.16. The molecule has 2 rings (SSSR count). The molecule has 2 unspecified atom stereocenters. The summed E-state index contributed by atoms with van der Waals surface area (Å²) in [6.07, 6.45) is 0.800. The molecule has 0 aromatic rings. The van der Waals surface area contributed by atoms with Gasteiger partial charge in [0.25, 0.3) is 0 Å². The Morgan fingerprint density at radius 1 is 1.38 bits per heavy atom. The van der Waals surface area contributed by atoms with Gasteiger partial charge in [0.1, 0.15) is 0 Å². The van der Waals surface area contributed by atoms with Gasteiger partial charge in [0.15, 0.2) is 0 Å². The molecule has 1 aliphatic heterocycles. The Morgan fingerprint density at radius 3 is 2.31 bits per heavy atom. The maximum absolute atomic E-state index is 12.1. The maximum Gasteiger partial charge on any atom is 0.239 e. The van der Waals surface area contributed by atoms with Crippen LogP contribution in [0.4, 0.5) is 0 Å². The van der Waals surface area contributed by atoms with E-state index in [1.165, 1.54) is 0 Å². The molecule has 3 nitrogen and oxygen atoms in total. The molecular formula is C13H24N2O. The quantitative estimate of drug-likeness (QED) is 0.789. The van der Waals surface area contributed by atoms with Crippen molar-refractivity contribution >= 4 is 5.91 Å². The first-order chi connectivity index (χ1) is 7.34. The lowest BCUT2D eigenvalue weighted by Gasteiger charge is -2.25. The molecule has 1 saturated carbocycles. The number of nitrogens with zero attached hydrogens (tertiary/aromatic N) is 1. The minimum atomic E-state index is -0.291. The predicted molar refractivity (Wildman–Crippen MR) is 64.8 cm³/mol. The van der Waals surface area contributed by atoms with E-state index >= 15 is 0 Å². The van der Waals surface area contributed by atoms with Crippen LogP contribution in [0.5, 0.6) is 0 Å². The molecule has 0 bridgehead atoms. The van der Waals surface area contributed by atoms with E-state index in [1.807, 2.05) is 4.90 Å². The highest BCUT2D eigenvalue weighted by molar-refractivity contribution is 5.82. The van der Waals surface area contributed by atoms with E-state index in [0.29, 0.717) is 11.3 Å². The van der Waals surface area contributed by atoms with Crippen molar-refractivity contribution in [1.29, 1.82) is 0 Å². The van der Waals surface area contributed by atoms with Crippen molar-refractivity contribution < 1.29 is 4.79 Å². The number of carbonyl (C=O) groups excluding carboxylic acids is 1. The topological polar surface area (TPSA) is 46.3 Å². The molecule has 0 aromatic heterocycles. The number of amides is 1. The molecule has 2 aliphatic rings. The van der Waals surface area contributed by atoms with E-state index in [4.69, 9.17) is 5.73 Å². The van der Waals surface area contributed by atoms with Gasteiger partial charge in [-0.15, -0.1) is 0 Å². The Bertz CT molecular complexity index is 284. The summed E-state index contributed by atoms with van der Waals surface area (Å²) >= 11 is 0. The van der Waals surface area contributed by atoms with Crippen LogP contribution in [0, 0.1) is 23.2 Å². The number of fused-ring (bicyclic) bond motifs is 1. The first kappa shape index (κ1) is 11.9. The lowest BCUT2D eigenvalue weighted by Crippen LogP contribution is -2.44. The zero-order chi connectivity index (χ0) is 12.1. The van der Waals surface area contributed by atoms with Crippen molar-refractivity contribution in [1.82, 2.24) is 4.90 Å². The van der Waals surface area contributed by atoms with Gasteiger partial charge < -0.3 is 10.6 Å². The smallest absolute Gasteiger partial charge is 0.239 e. The summed E-state index contributed by atoms with van der Waals surface area (Å²) in [6, 6.07) is -0.291. The van der Waals surface area contributed by atoms with Gasteiger partial charge in [-0.1, -0.05) is 27.7 Å². The second-order valence-corrected chi connectivity index (χ2v) is 6.51. The van der Waals surface area contributed by atoms with Crippen LogP contribution < -0.4 is 5.73 Å². The van der Waals surface area contributed by atoms with E-state index in [2.05, 4.69) is 27.7 Å². The summed E-state index contributed by atoms with van der Waals surface area (Å²) in [5, 5.41) is 0. The SMILES string of the molecule is CC(C)C[C@H](N)C(=O)N1CC2C(C1)C2(C)C. The third-order valence-electron chi connectivity index (χ3n) is 4.48. The van der Waals surface area contributed by atoms with E-state index in [9.17, 15) is 4.79 Å². The minimum Gasteiger partial charge on any atom is -0.341 e.